The van der Waals surface area contributed by atoms with Crippen LogP contribution in [0.1, 0.15) is 48.8 Å². The fourth-order valence-electron chi connectivity index (χ4n) is 4.73. The van der Waals surface area contributed by atoms with E-state index in [1.807, 2.05) is 13.8 Å². The lowest BCUT2D eigenvalue weighted by molar-refractivity contribution is 0.393. The number of nitriles is 1. The van der Waals surface area contributed by atoms with Crippen LogP contribution in [0.5, 0.6) is 0 Å². The van der Waals surface area contributed by atoms with E-state index in [0.717, 1.165) is 59.4 Å². The van der Waals surface area contributed by atoms with Gasteiger partial charge in [-0.15, -0.1) is 0 Å². The molecule has 5 rings (SSSR count). The van der Waals surface area contributed by atoms with Crippen LogP contribution in [0.3, 0.4) is 0 Å². The Morgan fingerprint density at radius 3 is 2.39 bits per heavy atom. The molecule has 2 fully saturated rings. The van der Waals surface area contributed by atoms with Crippen LogP contribution in [-0.4, -0.2) is 11.7 Å². The zero-order valence-electron chi connectivity index (χ0n) is 18.8. The fourth-order valence-corrected chi connectivity index (χ4v) is 4.73. The fraction of sp³-hybridized carbons (Fsp3) is 0.407. The Balaban J connectivity index is 1.55. The van der Waals surface area contributed by atoms with Crippen molar-refractivity contribution in [1.29, 1.82) is 5.26 Å². The molecule has 4 nitrogen and oxygen atoms in total. The summed E-state index contributed by atoms with van der Waals surface area (Å²) in [5, 5.41) is 13.7. The third-order valence-electron chi connectivity index (χ3n) is 7.21. The van der Waals surface area contributed by atoms with Crippen molar-refractivity contribution in [2.24, 2.45) is 11.8 Å². The Morgan fingerprint density at radius 1 is 1.13 bits per heavy atom. The maximum absolute atomic E-state index is 9.55. The summed E-state index contributed by atoms with van der Waals surface area (Å²) in [6, 6.07) is 17.9. The molecule has 0 spiro atoms. The van der Waals surface area contributed by atoms with Crippen molar-refractivity contribution in [2.75, 3.05) is 11.4 Å². The highest BCUT2D eigenvalue weighted by Gasteiger charge is 2.44. The van der Waals surface area contributed by atoms with Crippen LogP contribution in [0.15, 0.2) is 47.0 Å². The van der Waals surface area contributed by atoms with Gasteiger partial charge in [-0.25, -0.2) is 0 Å². The Kier molecular flexibility index (Phi) is 4.66. The number of nitrogens with zero attached hydrogens (tertiary/aromatic N) is 3. The molecule has 2 atom stereocenters. The standard InChI is InChI=1S/C27H29N3O/c1-17-5-6-21(26-19(3)29-31-20(26)4)14-25(17)30(15-22-13-18(22)2)24-9-7-23(8-10-24)27(16-28)11-12-27/h5-10,14,18,22H,11-13,15H2,1-4H3/t18-,22+/m0/s1. The molecule has 2 aromatic carbocycles. The molecule has 0 saturated heterocycles. The average Bonchev–Trinajstić information content (AvgIpc) is 3.68. The molecule has 158 valence electrons. The second-order valence-electron chi connectivity index (χ2n) is 9.52. The highest BCUT2D eigenvalue weighted by Crippen LogP contribution is 2.48. The molecule has 4 heteroatoms. The molecule has 0 radical (unpaired) electrons. The molecule has 0 unspecified atom stereocenters. The molecule has 1 heterocycles. The topological polar surface area (TPSA) is 53.1 Å². The van der Waals surface area contributed by atoms with Gasteiger partial charge in [-0.1, -0.05) is 36.3 Å². The smallest absolute Gasteiger partial charge is 0.141 e. The molecule has 3 aromatic rings. The van der Waals surface area contributed by atoms with Crippen LogP contribution < -0.4 is 4.90 Å². The van der Waals surface area contributed by atoms with Gasteiger partial charge < -0.3 is 9.42 Å². The lowest BCUT2D eigenvalue weighted by Crippen LogP contribution is -2.21. The van der Waals surface area contributed by atoms with E-state index in [1.54, 1.807) is 0 Å². The Labute approximate surface area is 184 Å². The second kappa shape index (κ2) is 7.27. The van der Waals surface area contributed by atoms with Crippen molar-refractivity contribution in [1.82, 2.24) is 5.16 Å². The number of aromatic nitrogens is 1. The first-order chi connectivity index (χ1) is 14.9. The predicted octanol–water partition coefficient (Wildman–Crippen LogP) is 6.62. The molecule has 1 aromatic heterocycles. The summed E-state index contributed by atoms with van der Waals surface area (Å²) in [5.74, 6) is 2.35. The third kappa shape index (κ3) is 3.53. The Bertz CT molecular complexity index is 1140. The highest BCUT2D eigenvalue weighted by atomic mass is 16.5. The lowest BCUT2D eigenvalue weighted by Gasteiger charge is -2.28. The van der Waals surface area contributed by atoms with Gasteiger partial charge in [-0.3, -0.25) is 0 Å². The number of hydrogen-bond acceptors (Lipinski definition) is 4. The normalized spacial score (nSPS) is 20.9. The number of aryl methyl sites for hydroxylation is 3. The summed E-state index contributed by atoms with van der Waals surface area (Å²) >= 11 is 0. The van der Waals surface area contributed by atoms with Gasteiger partial charge in [0.05, 0.1) is 17.2 Å². The molecule has 2 aliphatic carbocycles. The van der Waals surface area contributed by atoms with Crippen molar-refractivity contribution in [3.05, 3.63) is 65.0 Å². The first-order valence-corrected chi connectivity index (χ1v) is 11.2. The van der Waals surface area contributed by atoms with Crippen LogP contribution in [0.25, 0.3) is 11.1 Å². The summed E-state index contributed by atoms with van der Waals surface area (Å²) in [6.07, 6.45) is 3.24. The summed E-state index contributed by atoms with van der Waals surface area (Å²) in [6.45, 7) is 9.49. The van der Waals surface area contributed by atoms with E-state index >= 15 is 0 Å². The molecule has 2 aliphatic rings. The van der Waals surface area contributed by atoms with E-state index in [4.69, 9.17) is 4.52 Å². The van der Waals surface area contributed by atoms with Crippen LogP contribution in [-0.2, 0) is 5.41 Å². The maximum atomic E-state index is 9.55. The van der Waals surface area contributed by atoms with Crippen LogP contribution in [0, 0.1) is 43.9 Å². The molecule has 0 aliphatic heterocycles. The van der Waals surface area contributed by atoms with Gasteiger partial charge in [-0.05, 0) is 86.8 Å². The van der Waals surface area contributed by atoms with E-state index < -0.39 is 0 Å². The summed E-state index contributed by atoms with van der Waals surface area (Å²) < 4.78 is 5.43. The van der Waals surface area contributed by atoms with E-state index in [1.165, 1.54) is 23.4 Å². The largest absolute Gasteiger partial charge is 0.361 e. The zero-order valence-corrected chi connectivity index (χ0v) is 18.8. The van der Waals surface area contributed by atoms with Gasteiger partial charge in [0.25, 0.3) is 0 Å². The van der Waals surface area contributed by atoms with Gasteiger partial charge in [-0.2, -0.15) is 5.26 Å². The predicted molar refractivity (Wildman–Crippen MR) is 123 cm³/mol. The van der Waals surface area contributed by atoms with Crippen LogP contribution >= 0.6 is 0 Å². The zero-order chi connectivity index (χ0) is 21.8. The van der Waals surface area contributed by atoms with Crippen molar-refractivity contribution in [2.45, 2.75) is 52.4 Å². The number of hydrogen-bond donors (Lipinski definition) is 0. The van der Waals surface area contributed by atoms with E-state index in [0.29, 0.717) is 0 Å². The Hall–Kier alpha value is -3.06. The highest BCUT2D eigenvalue weighted by molar-refractivity contribution is 5.76. The second-order valence-corrected chi connectivity index (χ2v) is 9.52. The number of benzene rings is 2. The quantitative estimate of drug-likeness (QED) is 0.457. The first kappa shape index (κ1) is 19.9. The maximum Gasteiger partial charge on any atom is 0.141 e. The first-order valence-electron chi connectivity index (χ1n) is 11.2. The molecule has 0 bridgehead atoms. The van der Waals surface area contributed by atoms with E-state index in [9.17, 15) is 5.26 Å². The molecule has 2 saturated carbocycles. The van der Waals surface area contributed by atoms with Gasteiger partial charge in [0.1, 0.15) is 5.76 Å². The van der Waals surface area contributed by atoms with Crippen molar-refractivity contribution in [3.8, 4) is 17.2 Å². The monoisotopic (exact) mass is 411 g/mol. The van der Waals surface area contributed by atoms with Gasteiger partial charge in [0, 0.05) is 23.5 Å². The molecular formula is C27H29N3O. The lowest BCUT2D eigenvalue weighted by atomic mass is 9.97. The van der Waals surface area contributed by atoms with E-state index in [-0.39, 0.29) is 5.41 Å². The number of rotatable bonds is 6. The minimum Gasteiger partial charge on any atom is -0.361 e. The van der Waals surface area contributed by atoms with Crippen molar-refractivity contribution in [3.63, 3.8) is 0 Å². The van der Waals surface area contributed by atoms with E-state index in [2.05, 4.69) is 72.4 Å². The molecule has 0 N–H and O–H groups in total. The minimum absolute atomic E-state index is 0.243. The third-order valence-corrected chi connectivity index (χ3v) is 7.21. The molecule has 0 amide bonds. The molecule has 31 heavy (non-hydrogen) atoms. The number of anilines is 2. The minimum atomic E-state index is -0.243. The van der Waals surface area contributed by atoms with Crippen molar-refractivity contribution < 1.29 is 4.52 Å². The van der Waals surface area contributed by atoms with Crippen molar-refractivity contribution >= 4 is 11.4 Å². The average molecular weight is 412 g/mol. The summed E-state index contributed by atoms with van der Waals surface area (Å²) in [7, 11) is 0. The van der Waals surface area contributed by atoms with Crippen LogP contribution in [0.4, 0.5) is 11.4 Å². The van der Waals surface area contributed by atoms with Gasteiger partial charge in [0.15, 0.2) is 0 Å². The summed E-state index contributed by atoms with van der Waals surface area (Å²) in [5.41, 5.74) is 7.73. The van der Waals surface area contributed by atoms with Crippen LogP contribution in [0.2, 0.25) is 0 Å². The molecular weight excluding hydrogens is 382 g/mol. The van der Waals surface area contributed by atoms with Gasteiger partial charge in [0.2, 0.25) is 0 Å². The van der Waals surface area contributed by atoms with Gasteiger partial charge >= 0.3 is 0 Å². The Morgan fingerprint density at radius 2 is 1.84 bits per heavy atom. The summed E-state index contributed by atoms with van der Waals surface area (Å²) in [4.78, 5) is 2.46. The SMILES string of the molecule is Cc1ccc(-c2c(C)noc2C)cc1N(C[C@H]1C[C@@H]1C)c1ccc(C2(C#N)CC2)cc1.